The van der Waals surface area contributed by atoms with E-state index in [1.165, 1.54) is 6.92 Å². The molecule has 4 heteroatoms. The summed E-state index contributed by atoms with van der Waals surface area (Å²) in [5, 5.41) is 0. The summed E-state index contributed by atoms with van der Waals surface area (Å²) in [6.07, 6.45) is 4.60. The van der Waals surface area contributed by atoms with E-state index in [0.29, 0.717) is 29.7 Å². The fraction of sp³-hybridized carbons (Fsp3) is 0.250. The van der Waals surface area contributed by atoms with Crippen molar-refractivity contribution in [3.63, 3.8) is 0 Å². The molecule has 2 rings (SSSR count). The van der Waals surface area contributed by atoms with Crippen LogP contribution >= 0.6 is 0 Å². The van der Waals surface area contributed by atoms with Gasteiger partial charge in [0.05, 0.1) is 7.11 Å². The van der Waals surface area contributed by atoms with Crippen molar-refractivity contribution in [2.75, 3.05) is 7.11 Å². The lowest BCUT2D eigenvalue weighted by Gasteiger charge is -2.15. The van der Waals surface area contributed by atoms with E-state index in [0.717, 1.165) is 28.0 Å². The first-order chi connectivity index (χ1) is 13.3. The van der Waals surface area contributed by atoms with Crippen molar-refractivity contribution < 1.29 is 19.1 Å². The molecule has 2 aromatic carbocycles. The maximum absolute atomic E-state index is 13.2. The summed E-state index contributed by atoms with van der Waals surface area (Å²) in [5.41, 5.74) is 4.42. The number of carbonyl (C=O) groups excluding carboxylic acids is 2. The molecular formula is C24H26O4. The van der Waals surface area contributed by atoms with Crippen LogP contribution in [0.4, 0.5) is 0 Å². The second kappa shape index (κ2) is 9.18. The average molecular weight is 378 g/mol. The molecule has 4 nitrogen and oxygen atoms in total. The van der Waals surface area contributed by atoms with Gasteiger partial charge in [0, 0.05) is 18.1 Å². The Morgan fingerprint density at radius 3 is 1.79 bits per heavy atom. The first-order valence-electron chi connectivity index (χ1n) is 9.08. The van der Waals surface area contributed by atoms with Crippen LogP contribution in [0.15, 0.2) is 49.6 Å². The van der Waals surface area contributed by atoms with Gasteiger partial charge in [-0.2, -0.15) is 0 Å². The van der Waals surface area contributed by atoms with Gasteiger partial charge in [-0.05, 0) is 73.2 Å². The number of rotatable bonds is 8. The van der Waals surface area contributed by atoms with E-state index in [4.69, 9.17) is 9.47 Å². The number of hydrogen-bond donors (Lipinski definition) is 0. The Kier molecular flexibility index (Phi) is 6.94. The zero-order chi connectivity index (χ0) is 20.8. The molecule has 0 spiro atoms. The van der Waals surface area contributed by atoms with E-state index in [1.54, 1.807) is 31.4 Å². The van der Waals surface area contributed by atoms with E-state index in [-0.39, 0.29) is 5.78 Å². The molecular weight excluding hydrogens is 352 g/mol. The van der Waals surface area contributed by atoms with Gasteiger partial charge in [0.25, 0.3) is 0 Å². The summed E-state index contributed by atoms with van der Waals surface area (Å²) in [6.45, 7) is 12.6. The SMILES string of the molecule is C=CCc1cc(C(=O)c2cc(C)c(OC(C)=O)c(CC=C)c2)cc(C)c1OC. The number of esters is 1. The van der Waals surface area contributed by atoms with Crippen LogP contribution in [0.2, 0.25) is 0 Å². The van der Waals surface area contributed by atoms with E-state index < -0.39 is 5.97 Å². The van der Waals surface area contributed by atoms with Gasteiger partial charge in [0.2, 0.25) is 0 Å². The van der Waals surface area contributed by atoms with Crippen molar-refractivity contribution in [3.05, 3.63) is 83.0 Å². The lowest BCUT2D eigenvalue weighted by molar-refractivity contribution is -0.131. The van der Waals surface area contributed by atoms with Crippen LogP contribution in [0.25, 0.3) is 0 Å². The summed E-state index contributed by atoms with van der Waals surface area (Å²) in [6, 6.07) is 7.19. The van der Waals surface area contributed by atoms with Crippen LogP contribution in [-0.2, 0) is 17.6 Å². The highest BCUT2D eigenvalue weighted by molar-refractivity contribution is 6.09. The van der Waals surface area contributed by atoms with Gasteiger partial charge in [0.15, 0.2) is 5.78 Å². The molecule has 0 bridgehead atoms. The summed E-state index contributed by atoms with van der Waals surface area (Å²) >= 11 is 0. The van der Waals surface area contributed by atoms with Crippen LogP contribution in [0.1, 0.15) is 45.1 Å². The first kappa shape index (κ1) is 21.2. The van der Waals surface area contributed by atoms with Crippen molar-refractivity contribution in [3.8, 4) is 11.5 Å². The Bertz CT molecular complexity index is 938. The Morgan fingerprint density at radius 2 is 1.36 bits per heavy atom. The Balaban J connectivity index is 2.56. The predicted octanol–water partition coefficient (Wildman–Crippen LogP) is 4.93. The smallest absolute Gasteiger partial charge is 0.308 e. The largest absolute Gasteiger partial charge is 0.496 e. The number of ketones is 1. The van der Waals surface area contributed by atoms with Gasteiger partial charge in [-0.1, -0.05) is 12.2 Å². The predicted molar refractivity (Wildman–Crippen MR) is 111 cm³/mol. The van der Waals surface area contributed by atoms with Gasteiger partial charge < -0.3 is 9.47 Å². The molecule has 0 aliphatic rings. The van der Waals surface area contributed by atoms with Crippen molar-refractivity contribution in [2.24, 2.45) is 0 Å². The van der Waals surface area contributed by atoms with Crippen LogP contribution in [0.3, 0.4) is 0 Å². The molecule has 0 fully saturated rings. The van der Waals surface area contributed by atoms with Crippen molar-refractivity contribution in [2.45, 2.75) is 33.6 Å². The van der Waals surface area contributed by atoms with Crippen molar-refractivity contribution in [1.29, 1.82) is 0 Å². The fourth-order valence-corrected chi connectivity index (χ4v) is 3.32. The third-order valence-electron chi connectivity index (χ3n) is 4.41. The summed E-state index contributed by atoms with van der Waals surface area (Å²) in [4.78, 5) is 24.6. The highest BCUT2D eigenvalue weighted by Gasteiger charge is 2.18. The standard InChI is InChI=1S/C24H26O4/c1-7-9-18-13-20(11-15(3)23(18)27-6)22(26)21-12-16(4)24(28-17(5)25)19(14-21)10-8-2/h7-8,11-14H,1-2,9-10H2,3-6H3. The fourth-order valence-electron chi connectivity index (χ4n) is 3.32. The first-order valence-corrected chi connectivity index (χ1v) is 9.08. The topological polar surface area (TPSA) is 52.6 Å². The second-order valence-electron chi connectivity index (χ2n) is 6.68. The number of benzene rings is 2. The molecule has 0 N–H and O–H groups in total. The number of hydrogen-bond acceptors (Lipinski definition) is 4. The number of aryl methyl sites for hydroxylation is 2. The molecule has 0 radical (unpaired) electrons. The van der Waals surface area contributed by atoms with Gasteiger partial charge in [0.1, 0.15) is 11.5 Å². The summed E-state index contributed by atoms with van der Waals surface area (Å²) in [7, 11) is 1.62. The Labute approximate surface area is 166 Å². The molecule has 0 aliphatic heterocycles. The van der Waals surface area contributed by atoms with E-state index in [9.17, 15) is 9.59 Å². The van der Waals surface area contributed by atoms with Gasteiger partial charge >= 0.3 is 5.97 Å². The number of methoxy groups -OCH3 is 1. The minimum atomic E-state index is -0.396. The van der Waals surface area contributed by atoms with Crippen LogP contribution in [0, 0.1) is 13.8 Å². The number of ether oxygens (including phenoxy) is 2. The maximum atomic E-state index is 13.2. The normalized spacial score (nSPS) is 10.3. The minimum Gasteiger partial charge on any atom is -0.496 e. The molecule has 0 heterocycles. The zero-order valence-electron chi connectivity index (χ0n) is 16.9. The Morgan fingerprint density at radius 1 is 0.893 bits per heavy atom. The maximum Gasteiger partial charge on any atom is 0.308 e. The second-order valence-corrected chi connectivity index (χ2v) is 6.68. The quantitative estimate of drug-likeness (QED) is 0.283. The number of carbonyl (C=O) groups is 2. The zero-order valence-corrected chi connectivity index (χ0v) is 16.9. The molecule has 0 aliphatic carbocycles. The van der Waals surface area contributed by atoms with Crippen LogP contribution in [-0.4, -0.2) is 18.9 Å². The lowest BCUT2D eigenvalue weighted by atomic mass is 9.94. The molecule has 0 aromatic heterocycles. The van der Waals surface area contributed by atoms with E-state index in [1.807, 2.05) is 26.0 Å². The van der Waals surface area contributed by atoms with Crippen molar-refractivity contribution in [1.82, 2.24) is 0 Å². The highest BCUT2D eigenvalue weighted by atomic mass is 16.5. The van der Waals surface area contributed by atoms with Crippen LogP contribution in [0.5, 0.6) is 11.5 Å². The molecule has 0 saturated heterocycles. The Hall–Kier alpha value is -3.14. The molecule has 0 unspecified atom stereocenters. The van der Waals surface area contributed by atoms with Crippen LogP contribution < -0.4 is 9.47 Å². The average Bonchev–Trinajstić information content (AvgIpc) is 2.63. The molecule has 146 valence electrons. The minimum absolute atomic E-state index is 0.0983. The summed E-state index contributed by atoms with van der Waals surface area (Å²) in [5.74, 6) is 0.763. The molecule has 28 heavy (non-hydrogen) atoms. The van der Waals surface area contributed by atoms with E-state index in [2.05, 4.69) is 13.2 Å². The highest BCUT2D eigenvalue weighted by Crippen LogP contribution is 2.30. The molecule has 0 amide bonds. The molecule has 0 atom stereocenters. The number of allylic oxidation sites excluding steroid dienone is 2. The molecule has 0 saturated carbocycles. The third kappa shape index (κ3) is 4.58. The monoisotopic (exact) mass is 378 g/mol. The summed E-state index contributed by atoms with van der Waals surface area (Å²) < 4.78 is 10.8. The molecule has 2 aromatic rings. The third-order valence-corrected chi connectivity index (χ3v) is 4.41. The van der Waals surface area contributed by atoms with Gasteiger partial charge in [-0.25, -0.2) is 0 Å². The van der Waals surface area contributed by atoms with Gasteiger partial charge in [-0.3, -0.25) is 9.59 Å². The lowest BCUT2D eigenvalue weighted by Crippen LogP contribution is -2.09. The van der Waals surface area contributed by atoms with E-state index >= 15 is 0 Å². The van der Waals surface area contributed by atoms with Crippen molar-refractivity contribution >= 4 is 11.8 Å². The van der Waals surface area contributed by atoms with Gasteiger partial charge in [-0.15, -0.1) is 13.2 Å².